The van der Waals surface area contributed by atoms with Gasteiger partial charge in [0, 0.05) is 17.4 Å². The van der Waals surface area contributed by atoms with Crippen LogP contribution in [-0.4, -0.2) is 14.8 Å². The molecular weight excluding hydrogens is 278 g/mol. The van der Waals surface area contributed by atoms with E-state index in [0.717, 1.165) is 29.5 Å². The molecule has 1 aliphatic rings. The predicted molar refractivity (Wildman–Crippen MR) is 85.1 cm³/mol. The number of hydrogen-bond donors (Lipinski definition) is 0. The molecule has 4 rings (SSSR count). The lowest BCUT2D eigenvalue weighted by Crippen LogP contribution is -2.11. The summed E-state index contributed by atoms with van der Waals surface area (Å²) in [5.41, 5.74) is 2.51. The highest BCUT2D eigenvalue weighted by Crippen LogP contribution is 2.42. The maximum Gasteiger partial charge on any atom is 0.192 e. The Labute approximate surface area is 128 Å². The summed E-state index contributed by atoms with van der Waals surface area (Å²) in [7, 11) is 0. The highest BCUT2D eigenvalue weighted by molar-refractivity contribution is 7.99. The zero-order valence-corrected chi connectivity index (χ0v) is 12.3. The molecule has 0 radical (unpaired) electrons. The maximum absolute atomic E-state index is 4.39. The molecule has 0 bridgehead atoms. The molecule has 1 aliphatic heterocycles. The summed E-state index contributed by atoms with van der Waals surface area (Å²) in [4.78, 5) is 0. The van der Waals surface area contributed by atoms with E-state index in [1.165, 1.54) is 5.56 Å². The van der Waals surface area contributed by atoms with Gasteiger partial charge in [-0.25, -0.2) is 0 Å². The van der Waals surface area contributed by atoms with Gasteiger partial charge in [-0.3, -0.25) is 0 Å². The molecule has 3 aromatic rings. The van der Waals surface area contributed by atoms with Crippen LogP contribution in [0.3, 0.4) is 0 Å². The van der Waals surface area contributed by atoms with Crippen molar-refractivity contribution in [3.05, 3.63) is 66.2 Å². The fraction of sp³-hybridized carbons (Fsp3) is 0.176. The highest BCUT2D eigenvalue weighted by Gasteiger charge is 2.25. The van der Waals surface area contributed by atoms with Crippen LogP contribution in [0.1, 0.15) is 17.2 Å². The molecule has 0 N–H and O–H groups in total. The maximum atomic E-state index is 4.39. The number of nitrogens with zero attached hydrogens (tertiary/aromatic N) is 3. The van der Waals surface area contributed by atoms with Gasteiger partial charge in [0.2, 0.25) is 0 Å². The molecule has 0 aliphatic carbocycles. The van der Waals surface area contributed by atoms with Gasteiger partial charge in [0.05, 0.1) is 0 Å². The van der Waals surface area contributed by atoms with E-state index in [0.29, 0.717) is 5.25 Å². The Morgan fingerprint density at radius 3 is 2.38 bits per heavy atom. The summed E-state index contributed by atoms with van der Waals surface area (Å²) in [6, 6.07) is 20.9. The number of rotatable bonds is 2. The van der Waals surface area contributed by atoms with Crippen LogP contribution in [-0.2, 0) is 6.54 Å². The van der Waals surface area contributed by atoms with Crippen LogP contribution in [0.15, 0.2) is 65.8 Å². The molecule has 0 saturated heterocycles. The molecule has 1 unspecified atom stereocenters. The standard InChI is InChI=1S/C17H15N3S/c1-3-7-13(8-4-1)15-11-12-20-16(18-19-17(20)21-15)14-9-5-2-6-10-14/h1-10,15H,11-12H2. The van der Waals surface area contributed by atoms with Crippen LogP contribution in [0.2, 0.25) is 0 Å². The average Bonchev–Trinajstić information content (AvgIpc) is 2.99. The van der Waals surface area contributed by atoms with Gasteiger partial charge in [0.1, 0.15) is 0 Å². The van der Waals surface area contributed by atoms with E-state index in [4.69, 9.17) is 0 Å². The Hall–Kier alpha value is -2.07. The molecule has 0 amide bonds. The first kappa shape index (κ1) is 12.7. The van der Waals surface area contributed by atoms with Crippen molar-refractivity contribution >= 4 is 11.8 Å². The number of fused-ring (bicyclic) bond motifs is 1. The minimum atomic E-state index is 0.478. The van der Waals surface area contributed by atoms with E-state index in [1.54, 1.807) is 0 Å². The third kappa shape index (κ3) is 2.36. The van der Waals surface area contributed by atoms with E-state index in [1.807, 2.05) is 30.0 Å². The third-order valence-corrected chi connectivity index (χ3v) is 5.09. The first-order valence-electron chi connectivity index (χ1n) is 7.12. The van der Waals surface area contributed by atoms with Crippen molar-refractivity contribution in [2.75, 3.05) is 0 Å². The van der Waals surface area contributed by atoms with Crippen molar-refractivity contribution < 1.29 is 0 Å². The van der Waals surface area contributed by atoms with Crippen LogP contribution in [0.25, 0.3) is 11.4 Å². The molecule has 1 atom stereocenters. The zero-order chi connectivity index (χ0) is 14.1. The number of hydrogen-bond acceptors (Lipinski definition) is 3. The predicted octanol–water partition coefficient (Wildman–Crippen LogP) is 4.18. The Morgan fingerprint density at radius 1 is 0.905 bits per heavy atom. The molecule has 21 heavy (non-hydrogen) atoms. The third-order valence-electron chi connectivity index (χ3n) is 3.78. The SMILES string of the molecule is c1ccc(-c2nnc3n2CCC(c2ccccc2)S3)cc1. The van der Waals surface area contributed by atoms with Crippen molar-refractivity contribution in [3.63, 3.8) is 0 Å². The lowest BCUT2D eigenvalue weighted by atomic mass is 10.1. The van der Waals surface area contributed by atoms with Gasteiger partial charge in [-0.15, -0.1) is 10.2 Å². The molecular formula is C17H15N3S. The monoisotopic (exact) mass is 293 g/mol. The highest BCUT2D eigenvalue weighted by atomic mass is 32.2. The minimum absolute atomic E-state index is 0.478. The summed E-state index contributed by atoms with van der Waals surface area (Å²) in [6.45, 7) is 0.971. The van der Waals surface area contributed by atoms with Crippen molar-refractivity contribution in [2.24, 2.45) is 0 Å². The molecule has 2 heterocycles. The molecule has 2 aromatic carbocycles. The molecule has 1 aromatic heterocycles. The molecule has 3 nitrogen and oxygen atoms in total. The van der Waals surface area contributed by atoms with Crippen molar-refractivity contribution in [1.82, 2.24) is 14.8 Å². The lowest BCUT2D eigenvalue weighted by molar-refractivity contribution is 0.570. The normalized spacial score (nSPS) is 17.4. The van der Waals surface area contributed by atoms with Gasteiger partial charge in [-0.05, 0) is 12.0 Å². The van der Waals surface area contributed by atoms with Gasteiger partial charge in [-0.1, -0.05) is 72.4 Å². The topological polar surface area (TPSA) is 30.7 Å². The van der Waals surface area contributed by atoms with E-state index in [9.17, 15) is 0 Å². The second-order valence-electron chi connectivity index (χ2n) is 5.13. The molecule has 0 saturated carbocycles. The fourth-order valence-electron chi connectivity index (χ4n) is 2.71. The van der Waals surface area contributed by atoms with E-state index >= 15 is 0 Å². The minimum Gasteiger partial charge on any atom is -0.302 e. The molecule has 0 fully saturated rings. The van der Waals surface area contributed by atoms with Gasteiger partial charge in [0.15, 0.2) is 11.0 Å². The zero-order valence-electron chi connectivity index (χ0n) is 11.5. The van der Waals surface area contributed by atoms with Gasteiger partial charge >= 0.3 is 0 Å². The van der Waals surface area contributed by atoms with Crippen LogP contribution < -0.4 is 0 Å². The Balaban J connectivity index is 1.65. The molecule has 4 heteroatoms. The number of thioether (sulfide) groups is 1. The van der Waals surface area contributed by atoms with Gasteiger partial charge in [-0.2, -0.15) is 0 Å². The van der Waals surface area contributed by atoms with Crippen molar-refractivity contribution in [2.45, 2.75) is 23.4 Å². The van der Waals surface area contributed by atoms with Crippen LogP contribution in [0.4, 0.5) is 0 Å². The largest absolute Gasteiger partial charge is 0.302 e. The van der Waals surface area contributed by atoms with E-state index < -0.39 is 0 Å². The second-order valence-corrected chi connectivity index (χ2v) is 6.30. The summed E-state index contributed by atoms with van der Waals surface area (Å²) in [6.07, 6.45) is 1.11. The van der Waals surface area contributed by atoms with Crippen LogP contribution in [0.5, 0.6) is 0 Å². The molecule has 104 valence electrons. The van der Waals surface area contributed by atoms with Crippen molar-refractivity contribution in [3.8, 4) is 11.4 Å². The lowest BCUT2D eigenvalue weighted by Gasteiger charge is -2.23. The van der Waals surface area contributed by atoms with Crippen LogP contribution >= 0.6 is 11.8 Å². The number of aromatic nitrogens is 3. The fourth-order valence-corrected chi connectivity index (χ4v) is 3.88. The van der Waals surface area contributed by atoms with Crippen LogP contribution in [0, 0.1) is 0 Å². The number of benzene rings is 2. The Morgan fingerprint density at radius 2 is 1.62 bits per heavy atom. The van der Waals surface area contributed by atoms with E-state index in [2.05, 4.69) is 57.2 Å². The Bertz CT molecular complexity index is 737. The summed E-state index contributed by atoms with van der Waals surface area (Å²) < 4.78 is 2.24. The first-order chi connectivity index (χ1) is 10.4. The summed E-state index contributed by atoms with van der Waals surface area (Å²) in [5.74, 6) is 0.976. The summed E-state index contributed by atoms with van der Waals surface area (Å²) >= 11 is 1.81. The van der Waals surface area contributed by atoms with Gasteiger partial charge < -0.3 is 4.57 Å². The second kappa shape index (κ2) is 5.37. The average molecular weight is 293 g/mol. The molecule has 0 spiro atoms. The van der Waals surface area contributed by atoms with E-state index in [-0.39, 0.29) is 0 Å². The smallest absolute Gasteiger partial charge is 0.192 e. The Kier molecular flexibility index (Phi) is 3.24. The quantitative estimate of drug-likeness (QED) is 0.710. The van der Waals surface area contributed by atoms with Gasteiger partial charge in [0.25, 0.3) is 0 Å². The first-order valence-corrected chi connectivity index (χ1v) is 8.00. The summed E-state index contributed by atoms with van der Waals surface area (Å²) in [5, 5.41) is 10.3. The van der Waals surface area contributed by atoms with Crippen molar-refractivity contribution in [1.29, 1.82) is 0 Å².